The lowest BCUT2D eigenvalue weighted by atomic mass is 10.0. The molecule has 3 heterocycles. The summed E-state index contributed by atoms with van der Waals surface area (Å²) in [5.74, 6) is 0.0679. The number of amides is 1. The van der Waals surface area contributed by atoms with Gasteiger partial charge in [-0.05, 0) is 41.3 Å². The van der Waals surface area contributed by atoms with Gasteiger partial charge < -0.3 is 4.90 Å². The first kappa shape index (κ1) is 16.0. The summed E-state index contributed by atoms with van der Waals surface area (Å²) in [6.45, 7) is 1.10. The van der Waals surface area contributed by atoms with Crippen LogP contribution in [0.15, 0.2) is 29.1 Å². The van der Waals surface area contributed by atoms with Crippen molar-refractivity contribution in [2.75, 3.05) is 13.1 Å². The van der Waals surface area contributed by atoms with Crippen molar-refractivity contribution in [2.24, 2.45) is 0 Å². The predicted octanol–water partition coefficient (Wildman–Crippen LogP) is 3.37. The smallest absolute Gasteiger partial charge is 0.342 e. The van der Waals surface area contributed by atoms with Gasteiger partial charge in [0.1, 0.15) is 0 Å². The Morgan fingerprint density at radius 3 is 2.61 bits per heavy atom. The van der Waals surface area contributed by atoms with Gasteiger partial charge in [-0.15, -0.1) is 0 Å². The highest BCUT2D eigenvalue weighted by molar-refractivity contribution is 7.07. The van der Waals surface area contributed by atoms with Gasteiger partial charge in [0.25, 0.3) is 0 Å². The van der Waals surface area contributed by atoms with Crippen molar-refractivity contribution in [1.29, 1.82) is 0 Å². The Labute approximate surface area is 135 Å². The van der Waals surface area contributed by atoms with E-state index in [0.29, 0.717) is 32.4 Å². The quantitative estimate of drug-likeness (QED) is 0.857. The molecule has 0 radical (unpaired) electrons. The molecule has 3 rings (SSSR count). The van der Waals surface area contributed by atoms with E-state index in [2.05, 4.69) is 5.10 Å². The fourth-order valence-electron chi connectivity index (χ4n) is 2.75. The number of likely N-dealkylation sites (tertiary alicyclic amines) is 1. The molecular formula is C15H16F3N3OS. The molecule has 1 aliphatic rings. The van der Waals surface area contributed by atoms with Gasteiger partial charge >= 0.3 is 6.18 Å². The highest BCUT2D eigenvalue weighted by Crippen LogP contribution is 2.29. The minimum Gasteiger partial charge on any atom is -0.342 e. The van der Waals surface area contributed by atoms with Crippen LogP contribution in [0.25, 0.3) is 0 Å². The van der Waals surface area contributed by atoms with Gasteiger partial charge in [0.2, 0.25) is 5.91 Å². The molecule has 124 valence electrons. The third-order valence-electron chi connectivity index (χ3n) is 4.03. The number of aromatic nitrogens is 2. The van der Waals surface area contributed by atoms with Gasteiger partial charge in [0.05, 0.1) is 12.5 Å². The number of hydrogen-bond donors (Lipinski definition) is 0. The maximum absolute atomic E-state index is 12.6. The molecule has 0 unspecified atom stereocenters. The molecule has 0 aromatic carbocycles. The van der Waals surface area contributed by atoms with E-state index in [1.807, 2.05) is 16.8 Å². The van der Waals surface area contributed by atoms with E-state index >= 15 is 0 Å². The second-order valence-electron chi connectivity index (χ2n) is 5.60. The molecule has 4 nitrogen and oxygen atoms in total. The lowest BCUT2D eigenvalue weighted by molar-refractivity contribution is -0.141. The Morgan fingerprint density at radius 2 is 2.04 bits per heavy atom. The van der Waals surface area contributed by atoms with Gasteiger partial charge in [-0.1, -0.05) is 0 Å². The van der Waals surface area contributed by atoms with Gasteiger partial charge in [-0.25, -0.2) is 0 Å². The second kappa shape index (κ2) is 6.35. The first-order valence-electron chi connectivity index (χ1n) is 7.34. The lowest BCUT2D eigenvalue weighted by Gasteiger charge is -2.32. The van der Waals surface area contributed by atoms with Crippen molar-refractivity contribution in [3.63, 3.8) is 0 Å². The topological polar surface area (TPSA) is 38.1 Å². The Balaban J connectivity index is 1.56. The minimum atomic E-state index is -4.41. The van der Waals surface area contributed by atoms with E-state index in [1.54, 1.807) is 16.2 Å². The minimum absolute atomic E-state index is 0.0679. The van der Waals surface area contributed by atoms with Gasteiger partial charge in [-0.2, -0.15) is 29.6 Å². The number of nitrogens with zero attached hydrogens (tertiary/aromatic N) is 3. The zero-order valence-electron chi connectivity index (χ0n) is 12.3. The zero-order valence-corrected chi connectivity index (χ0v) is 13.1. The van der Waals surface area contributed by atoms with Gasteiger partial charge in [-0.3, -0.25) is 9.48 Å². The van der Waals surface area contributed by atoms with Crippen LogP contribution >= 0.6 is 11.3 Å². The summed E-state index contributed by atoms with van der Waals surface area (Å²) in [5, 5.41) is 7.51. The highest BCUT2D eigenvalue weighted by atomic mass is 32.1. The number of halogens is 3. The standard InChI is InChI=1S/C15H16F3N3OS/c16-15(17,18)13-3-7-21(19-13)12-1-5-20(6-2-12)14(22)9-11-4-8-23-10-11/h3-4,7-8,10,12H,1-2,5-6,9H2. The van der Waals surface area contributed by atoms with Crippen molar-refractivity contribution in [1.82, 2.24) is 14.7 Å². The van der Waals surface area contributed by atoms with Crippen molar-refractivity contribution < 1.29 is 18.0 Å². The molecule has 8 heteroatoms. The van der Waals surface area contributed by atoms with Crippen LogP contribution in [0.5, 0.6) is 0 Å². The van der Waals surface area contributed by atoms with E-state index in [1.165, 1.54) is 10.9 Å². The van der Waals surface area contributed by atoms with Crippen LogP contribution < -0.4 is 0 Å². The Morgan fingerprint density at radius 1 is 1.30 bits per heavy atom. The number of thiophene rings is 1. The number of rotatable bonds is 3. The van der Waals surface area contributed by atoms with Crippen LogP contribution in [-0.2, 0) is 17.4 Å². The third-order valence-corrected chi connectivity index (χ3v) is 4.76. The average molecular weight is 343 g/mol. The van der Waals surface area contributed by atoms with E-state index in [0.717, 1.165) is 11.6 Å². The van der Waals surface area contributed by atoms with Crippen LogP contribution in [0.4, 0.5) is 13.2 Å². The van der Waals surface area contributed by atoms with Crippen molar-refractivity contribution in [2.45, 2.75) is 31.5 Å². The molecule has 0 bridgehead atoms. The Hall–Kier alpha value is -1.83. The van der Waals surface area contributed by atoms with Crippen molar-refractivity contribution in [3.8, 4) is 0 Å². The Kier molecular flexibility index (Phi) is 4.43. The van der Waals surface area contributed by atoms with Crippen LogP contribution in [-0.4, -0.2) is 33.7 Å². The van der Waals surface area contributed by atoms with Crippen LogP contribution in [0, 0.1) is 0 Å². The maximum Gasteiger partial charge on any atom is 0.435 e. The average Bonchev–Trinajstić information content (AvgIpc) is 3.18. The molecule has 0 aliphatic carbocycles. The van der Waals surface area contributed by atoms with Crippen molar-refractivity contribution in [3.05, 3.63) is 40.3 Å². The molecule has 1 saturated heterocycles. The number of piperidine rings is 1. The fourth-order valence-corrected chi connectivity index (χ4v) is 3.42. The number of alkyl halides is 3. The molecule has 1 amide bonds. The molecule has 23 heavy (non-hydrogen) atoms. The normalized spacial score (nSPS) is 16.7. The van der Waals surface area contributed by atoms with E-state index in [4.69, 9.17) is 0 Å². The van der Waals surface area contributed by atoms with E-state index in [-0.39, 0.29) is 11.9 Å². The first-order chi connectivity index (χ1) is 10.9. The summed E-state index contributed by atoms with van der Waals surface area (Å²) in [5.41, 5.74) is 0.137. The molecule has 0 saturated carbocycles. The summed E-state index contributed by atoms with van der Waals surface area (Å²) in [7, 11) is 0. The summed E-state index contributed by atoms with van der Waals surface area (Å²) < 4.78 is 39.1. The third kappa shape index (κ3) is 3.74. The largest absolute Gasteiger partial charge is 0.435 e. The van der Waals surface area contributed by atoms with Crippen LogP contribution in [0.2, 0.25) is 0 Å². The summed E-state index contributed by atoms with van der Waals surface area (Å²) in [6, 6.07) is 2.84. The molecule has 2 aromatic heterocycles. The first-order valence-corrected chi connectivity index (χ1v) is 8.29. The fraction of sp³-hybridized carbons (Fsp3) is 0.467. The number of carbonyl (C=O) groups is 1. The molecular weight excluding hydrogens is 327 g/mol. The van der Waals surface area contributed by atoms with E-state index in [9.17, 15) is 18.0 Å². The lowest BCUT2D eigenvalue weighted by Crippen LogP contribution is -2.40. The predicted molar refractivity (Wildman–Crippen MR) is 80.1 cm³/mol. The van der Waals surface area contributed by atoms with Gasteiger partial charge in [0.15, 0.2) is 5.69 Å². The molecule has 2 aromatic rings. The molecule has 1 fully saturated rings. The summed E-state index contributed by atoms with van der Waals surface area (Å²) in [6.07, 6.45) is -1.42. The van der Waals surface area contributed by atoms with Crippen LogP contribution in [0.3, 0.4) is 0 Å². The molecule has 0 N–H and O–H groups in total. The monoisotopic (exact) mass is 343 g/mol. The van der Waals surface area contributed by atoms with Crippen molar-refractivity contribution >= 4 is 17.2 Å². The number of hydrogen-bond acceptors (Lipinski definition) is 3. The van der Waals surface area contributed by atoms with E-state index < -0.39 is 11.9 Å². The summed E-state index contributed by atoms with van der Waals surface area (Å²) >= 11 is 1.56. The number of carbonyl (C=O) groups excluding carboxylic acids is 1. The second-order valence-corrected chi connectivity index (χ2v) is 6.38. The highest BCUT2D eigenvalue weighted by Gasteiger charge is 2.34. The summed E-state index contributed by atoms with van der Waals surface area (Å²) in [4.78, 5) is 14.0. The molecule has 0 spiro atoms. The van der Waals surface area contributed by atoms with Gasteiger partial charge in [0, 0.05) is 19.3 Å². The molecule has 0 atom stereocenters. The molecule has 1 aliphatic heterocycles. The zero-order chi connectivity index (χ0) is 16.4. The maximum atomic E-state index is 12.6. The van der Waals surface area contributed by atoms with Crippen LogP contribution in [0.1, 0.15) is 30.1 Å². The SMILES string of the molecule is O=C(Cc1ccsc1)N1CCC(n2ccc(C(F)(F)F)n2)CC1. The Bertz CT molecular complexity index is 658.